The summed E-state index contributed by atoms with van der Waals surface area (Å²) in [6.07, 6.45) is 0.413. The van der Waals surface area contributed by atoms with Crippen molar-refractivity contribution in [2.24, 2.45) is 5.73 Å². The SMILES string of the molecule is NC(=O)Nc1ccccc1.O=C1Cc2ccccc2ON1. The van der Waals surface area contributed by atoms with E-state index in [9.17, 15) is 9.59 Å². The average molecular weight is 285 g/mol. The molecule has 0 fully saturated rings. The third-order valence-electron chi connectivity index (χ3n) is 2.64. The topological polar surface area (TPSA) is 93.5 Å². The molecule has 0 aliphatic carbocycles. The van der Waals surface area contributed by atoms with Crippen molar-refractivity contribution in [3.8, 4) is 5.75 Å². The van der Waals surface area contributed by atoms with Gasteiger partial charge in [0.15, 0.2) is 5.75 Å². The Balaban J connectivity index is 0.000000155. The molecule has 2 aromatic rings. The number of para-hydroxylation sites is 2. The zero-order chi connectivity index (χ0) is 15.1. The Kier molecular flexibility index (Phi) is 4.76. The fraction of sp³-hybridized carbons (Fsp3) is 0.0667. The van der Waals surface area contributed by atoms with Crippen LogP contribution in [0.4, 0.5) is 10.5 Å². The summed E-state index contributed by atoms with van der Waals surface area (Å²) in [4.78, 5) is 26.0. The highest BCUT2D eigenvalue weighted by molar-refractivity contribution is 5.87. The Morgan fingerprint density at radius 3 is 2.48 bits per heavy atom. The predicted molar refractivity (Wildman–Crippen MR) is 78.6 cm³/mol. The molecule has 3 amide bonds. The fourth-order valence-corrected chi connectivity index (χ4v) is 1.73. The lowest BCUT2D eigenvalue weighted by Crippen LogP contribution is -2.32. The van der Waals surface area contributed by atoms with Gasteiger partial charge in [0.05, 0.1) is 6.42 Å². The number of hydrogen-bond acceptors (Lipinski definition) is 3. The van der Waals surface area contributed by atoms with E-state index in [4.69, 9.17) is 10.6 Å². The molecule has 1 aliphatic heterocycles. The summed E-state index contributed by atoms with van der Waals surface area (Å²) in [7, 11) is 0. The highest BCUT2D eigenvalue weighted by Crippen LogP contribution is 2.19. The molecule has 6 nitrogen and oxygen atoms in total. The highest BCUT2D eigenvalue weighted by atomic mass is 16.7. The lowest BCUT2D eigenvalue weighted by molar-refractivity contribution is -0.128. The van der Waals surface area contributed by atoms with E-state index >= 15 is 0 Å². The molecule has 0 atom stereocenters. The van der Waals surface area contributed by atoms with Gasteiger partial charge in [-0.2, -0.15) is 5.48 Å². The monoisotopic (exact) mass is 285 g/mol. The van der Waals surface area contributed by atoms with Crippen LogP contribution in [0.15, 0.2) is 54.6 Å². The minimum absolute atomic E-state index is 0.0938. The summed E-state index contributed by atoms with van der Waals surface area (Å²) in [5.41, 5.74) is 8.83. The average Bonchev–Trinajstić information content (AvgIpc) is 2.48. The van der Waals surface area contributed by atoms with Gasteiger partial charge >= 0.3 is 6.03 Å². The van der Waals surface area contributed by atoms with Crippen LogP contribution in [0, 0.1) is 0 Å². The number of fused-ring (bicyclic) bond motifs is 1. The van der Waals surface area contributed by atoms with E-state index in [1.165, 1.54) is 0 Å². The van der Waals surface area contributed by atoms with Crippen LogP contribution in [0.3, 0.4) is 0 Å². The number of urea groups is 1. The van der Waals surface area contributed by atoms with Gasteiger partial charge < -0.3 is 15.9 Å². The van der Waals surface area contributed by atoms with Crippen molar-refractivity contribution in [2.45, 2.75) is 6.42 Å². The van der Waals surface area contributed by atoms with Crippen LogP contribution in [0.1, 0.15) is 5.56 Å². The number of rotatable bonds is 1. The summed E-state index contributed by atoms with van der Waals surface area (Å²) in [5.74, 6) is 0.649. The first kappa shape index (κ1) is 14.4. The molecule has 0 unspecified atom stereocenters. The van der Waals surface area contributed by atoms with Crippen LogP contribution >= 0.6 is 0 Å². The van der Waals surface area contributed by atoms with E-state index in [1.807, 2.05) is 42.5 Å². The van der Waals surface area contributed by atoms with Gasteiger partial charge in [0.2, 0.25) is 0 Å². The number of carbonyl (C=O) groups excluding carboxylic acids is 2. The number of benzene rings is 2. The molecule has 4 N–H and O–H groups in total. The van der Waals surface area contributed by atoms with Crippen LogP contribution in [0.2, 0.25) is 0 Å². The van der Waals surface area contributed by atoms with Crippen molar-refractivity contribution in [3.05, 3.63) is 60.2 Å². The van der Waals surface area contributed by atoms with Gasteiger partial charge in [0, 0.05) is 11.3 Å². The molecule has 21 heavy (non-hydrogen) atoms. The lowest BCUT2D eigenvalue weighted by atomic mass is 10.1. The number of nitrogens with two attached hydrogens (primary N) is 1. The Morgan fingerprint density at radius 1 is 1.10 bits per heavy atom. The number of nitrogens with one attached hydrogen (secondary N) is 2. The summed E-state index contributed by atoms with van der Waals surface area (Å²) in [6.45, 7) is 0. The minimum Gasteiger partial charge on any atom is -0.379 e. The van der Waals surface area contributed by atoms with Crippen molar-refractivity contribution >= 4 is 17.6 Å². The first-order valence-corrected chi connectivity index (χ1v) is 6.30. The number of primary amides is 1. The first-order chi connectivity index (χ1) is 10.1. The number of carbonyl (C=O) groups is 2. The number of hydrogen-bond donors (Lipinski definition) is 3. The smallest absolute Gasteiger partial charge is 0.316 e. The van der Waals surface area contributed by atoms with Crippen LogP contribution < -0.4 is 21.4 Å². The molecule has 1 aliphatic rings. The van der Waals surface area contributed by atoms with Gasteiger partial charge in [-0.25, -0.2) is 4.79 Å². The van der Waals surface area contributed by atoms with E-state index in [0.29, 0.717) is 6.42 Å². The largest absolute Gasteiger partial charge is 0.379 e. The Bertz CT molecular complexity index is 629. The molecule has 0 saturated heterocycles. The normalized spacial score (nSPS) is 11.9. The summed E-state index contributed by atoms with van der Waals surface area (Å²) >= 11 is 0. The summed E-state index contributed by atoms with van der Waals surface area (Å²) in [6, 6.07) is 16.0. The Morgan fingerprint density at radius 2 is 1.76 bits per heavy atom. The van der Waals surface area contributed by atoms with E-state index in [-0.39, 0.29) is 5.91 Å². The molecular weight excluding hydrogens is 270 g/mol. The Labute approximate surface area is 121 Å². The number of amides is 3. The van der Waals surface area contributed by atoms with Crippen molar-refractivity contribution in [1.82, 2.24) is 5.48 Å². The maximum atomic E-state index is 10.8. The molecular formula is C15H15N3O3. The molecule has 2 aromatic carbocycles. The zero-order valence-electron chi connectivity index (χ0n) is 11.2. The minimum atomic E-state index is -0.536. The molecule has 3 rings (SSSR count). The predicted octanol–water partition coefficient (Wildman–Crippen LogP) is 1.83. The quantitative estimate of drug-likeness (QED) is 0.746. The van der Waals surface area contributed by atoms with Crippen molar-refractivity contribution in [1.29, 1.82) is 0 Å². The third kappa shape index (κ3) is 4.54. The van der Waals surface area contributed by atoms with Gasteiger partial charge in [-0.05, 0) is 18.2 Å². The van der Waals surface area contributed by atoms with Crippen LogP contribution in [0.25, 0.3) is 0 Å². The second-order valence-electron chi connectivity index (χ2n) is 4.27. The lowest BCUT2D eigenvalue weighted by Gasteiger charge is -2.15. The van der Waals surface area contributed by atoms with Crippen LogP contribution in [-0.2, 0) is 11.2 Å². The third-order valence-corrected chi connectivity index (χ3v) is 2.64. The van der Waals surface area contributed by atoms with Crippen molar-refractivity contribution in [3.63, 3.8) is 0 Å². The first-order valence-electron chi connectivity index (χ1n) is 6.30. The highest BCUT2D eigenvalue weighted by Gasteiger charge is 2.14. The van der Waals surface area contributed by atoms with Crippen molar-refractivity contribution in [2.75, 3.05) is 5.32 Å². The second kappa shape index (κ2) is 6.95. The molecule has 0 saturated carbocycles. The van der Waals surface area contributed by atoms with Crippen LogP contribution in [-0.4, -0.2) is 11.9 Å². The summed E-state index contributed by atoms with van der Waals surface area (Å²) < 4.78 is 0. The zero-order valence-corrected chi connectivity index (χ0v) is 11.2. The molecule has 108 valence electrons. The van der Waals surface area contributed by atoms with E-state index in [1.54, 1.807) is 12.1 Å². The number of anilines is 1. The second-order valence-corrected chi connectivity index (χ2v) is 4.27. The number of hydroxylamine groups is 1. The molecule has 0 aromatic heterocycles. The van der Waals surface area contributed by atoms with E-state index in [0.717, 1.165) is 17.0 Å². The van der Waals surface area contributed by atoms with Gasteiger partial charge in [-0.3, -0.25) is 4.79 Å². The van der Waals surface area contributed by atoms with Gasteiger partial charge in [-0.15, -0.1) is 0 Å². The molecule has 6 heteroatoms. The maximum absolute atomic E-state index is 10.8. The van der Waals surface area contributed by atoms with Gasteiger partial charge in [0.1, 0.15) is 0 Å². The van der Waals surface area contributed by atoms with Crippen molar-refractivity contribution < 1.29 is 14.4 Å². The molecule has 0 radical (unpaired) electrons. The van der Waals surface area contributed by atoms with Gasteiger partial charge in [0.25, 0.3) is 5.91 Å². The summed E-state index contributed by atoms with van der Waals surface area (Å²) in [5, 5.41) is 2.44. The van der Waals surface area contributed by atoms with Gasteiger partial charge in [-0.1, -0.05) is 36.4 Å². The standard InChI is InChI=1S/C8H7NO2.C7H8N2O/c10-8-5-6-3-1-2-4-7(6)11-9-8;8-7(10)9-6-4-2-1-3-5-6/h1-4H,5H2,(H,9,10);1-5H,(H3,8,9,10). The van der Waals surface area contributed by atoms with E-state index < -0.39 is 6.03 Å². The maximum Gasteiger partial charge on any atom is 0.316 e. The molecule has 0 bridgehead atoms. The fourth-order valence-electron chi connectivity index (χ4n) is 1.73. The van der Waals surface area contributed by atoms with Crippen LogP contribution in [0.5, 0.6) is 5.75 Å². The molecule has 1 heterocycles. The molecule has 0 spiro atoms. The van der Waals surface area contributed by atoms with E-state index in [2.05, 4.69) is 10.8 Å². The Hall–Kier alpha value is -3.02.